The molecule has 0 saturated heterocycles. The van der Waals surface area contributed by atoms with E-state index in [9.17, 15) is 9.59 Å². The third kappa shape index (κ3) is 2.64. The second kappa shape index (κ2) is 4.99. The Bertz CT molecular complexity index is 439. The fourth-order valence-electron chi connectivity index (χ4n) is 1.65. The molecule has 1 aromatic heterocycles. The van der Waals surface area contributed by atoms with Gasteiger partial charge >= 0.3 is 5.97 Å². The van der Waals surface area contributed by atoms with Crippen LogP contribution < -0.4 is 0 Å². The summed E-state index contributed by atoms with van der Waals surface area (Å²) in [5, 5.41) is 8.97. The molecule has 0 spiro atoms. The maximum absolute atomic E-state index is 12.0. The van der Waals surface area contributed by atoms with Crippen LogP contribution in [0.5, 0.6) is 0 Å². The van der Waals surface area contributed by atoms with E-state index in [-0.39, 0.29) is 5.76 Å². The molecule has 0 bridgehead atoms. The summed E-state index contributed by atoms with van der Waals surface area (Å²) in [5.74, 6) is -0.998. The van der Waals surface area contributed by atoms with Gasteiger partial charge in [-0.05, 0) is 13.3 Å². The van der Waals surface area contributed by atoms with Crippen LogP contribution in [-0.4, -0.2) is 40.0 Å². The van der Waals surface area contributed by atoms with Gasteiger partial charge in [0.1, 0.15) is 6.04 Å². The molecule has 6 heteroatoms. The van der Waals surface area contributed by atoms with Gasteiger partial charge in [0.2, 0.25) is 5.76 Å². The third-order valence-electron chi connectivity index (χ3n) is 2.56. The number of likely N-dealkylation sites (N-methyl/N-ethyl adjacent to an activating group) is 1. The van der Waals surface area contributed by atoms with Crippen LogP contribution in [0.15, 0.2) is 4.42 Å². The fraction of sp³-hybridized carbons (Fsp3) is 0.545. The smallest absolute Gasteiger partial charge is 0.326 e. The molecule has 0 aliphatic carbocycles. The summed E-state index contributed by atoms with van der Waals surface area (Å²) < 4.78 is 5.18. The second-order valence-corrected chi connectivity index (χ2v) is 3.83. The monoisotopic (exact) mass is 240 g/mol. The molecule has 0 aliphatic rings. The summed E-state index contributed by atoms with van der Waals surface area (Å²) in [6.07, 6.45) is 0.337. The lowest BCUT2D eigenvalue weighted by molar-refractivity contribution is -0.142. The van der Waals surface area contributed by atoms with Crippen molar-refractivity contribution in [3.63, 3.8) is 0 Å². The molecule has 1 aromatic rings. The van der Waals surface area contributed by atoms with Gasteiger partial charge in [0, 0.05) is 14.0 Å². The number of carbonyl (C=O) groups excluding carboxylic acids is 1. The first-order valence-corrected chi connectivity index (χ1v) is 5.32. The van der Waals surface area contributed by atoms with Crippen LogP contribution in [0.3, 0.4) is 0 Å². The highest BCUT2D eigenvalue weighted by molar-refractivity contribution is 5.94. The van der Waals surface area contributed by atoms with Gasteiger partial charge in [-0.2, -0.15) is 0 Å². The van der Waals surface area contributed by atoms with E-state index >= 15 is 0 Å². The van der Waals surface area contributed by atoms with Crippen molar-refractivity contribution in [2.24, 2.45) is 0 Å². The van der Waals surface area contributed by atoms with Gasteiger partial charge in [-0.25, -0.2) is 9.78 Å². The molecule has 1 unspecified atom stereocenters. The lowest BCUT2D eigenvalue weighted by Crippen LogP contribution is -2.42. The number of carbonyl (C=O) groups is 2. The third-order valence-corrected chi connectivity index (χ3v) is 2.56. The maximum Gasteiger partial charge on any atom is 0.326 e. The molecule has 1 heterocycles. The van der Waals surface area contributed by atoms with Gasteiger partial charge in [0.15, 0.2) is 5.89 Å². The summed E-state index contributed by atoms with van der Waals surface area (Å²) in [5.41, 5.74) is 0.472. The van der Waals surface area contributed by atoms with Crippen molar-refractivity contribution in [1.82, 2.24) is 9.88 Å². The van der Waals surface area contributed by atoms with Crippen LogP contribution >= 0.6 is 0 Å². The predicted molar refractivity (Wildman–Crippen MR) is 59.8 cm³/mol. The minimum absolute atomic E-state index is 0.102. The van der Waals surface area contributed by atoms with Crippen molar-refractivity contribution in [2.75, 3.05) is 7.05 Å². The topological polar surface area (TPSA) is 83.6 Å². The number of hydrogen-bond acceptors (Lipinski definition) is 4. The first kappa shape index (κ1) is 13.2. The zero-order valence-electron chi connectivity index (χ0n) is 10.4. The number of aromatic nitrogens is 1. The molecular weight excluding hydrogens is 224 g/mol. The van der Waals surface area contributed by atoms with E-state index in [1.807, 2.05) is 0 Å². The van der Waals surface area contributed by atoms with E-state index in [0.29, 0.717) is 18.0 Å². The Morgan fingerprint density at radius 1 is 1.47 bits per heavy atom. The molecule has 94 valence electrons. The Balaban J connectivity index is 2.97. The van der Waals surface area contributed by atoms with Crippen LogP contribution in [0.1, 0.15) is 35.5 Å². The van der Waals surface area contributed by atoms with Crippen LogP contribution in [0.25, 0.3) is 0 Å². The zero-order valence-corrected chi connectivity index (χ0v) is 10.4. The van der Waals surface area contributed by atoms with Gasteiger partial charge < -0.3 is 14.4 Å². The Labute approximate surface area is 99.2 Å². The molecule has 6 nitrogen and oxygen atoms in total. The van der Waals surface area contributed by atoms with Crippen molar-refractivity contribution in [1.29, 1.82) is 0 Å². The first-order valence-electron chi connectivity index (χ1n) is 5.32. The van der Waals surface area contributed by atoms with Gasteiger partial charge in [-0.3, -0.25) is 4.79 Å². The quantitative estimate of drug-likeness (QED) is 0.855. The Hall–Kier alpha value is -1.85. The number of rotatable bonds is 4. The van der Waals surface area contributed by atoms with Crippen molar-refractivity contribution >= 4 is 11.9 Å². The Kier molecular flexibility index (Phi) is 3.88. The molecule has 1 rings (SSSR count). The summed E-state index contributed by atoms with van der Waals surface area (Å²) in [6, 6.07) is -0.854. The lowest BCUT2D eigenvalue weighted by atomic mass is 10.2. The normalized spacial score (nSPS) is 12.2. The number of aryl methyl sites for hydroxylation is 2. The van der Waals surface area contributed by atoms with E-state index in [0.717, 1.165) is 4.90 Å². The summed E-state index contributed by atoms with van der Waals surface area (Å²) in [4.78, 5) is 28.1. The zero-order chi connectivity index (χ0) is 13.2. The van der Waals surface area contributed by atoms with E-state index < -0.39 is 17.9 Å². The molecule has 1 N–H and O–H groups in total. The number of nitrogens with zero attached hydrogens (tertiary/aromatic N) is 2. The lowest BCUT2D eigenvalue weighted by Gasteiger charge is -2.22. The molecule has 1 amide bonds. The van der Waals surface area contributed by atoms with Crippen molar-refractivity contribution in [3.05, 3.63) is 17.3 Å². The van der Waals surface area contributed by atoms with Crippen LogP contribution in [-0.2, 0) is 4.79 Å². The summed E-state index contributed by atoms with van der Waals surface area (Å²) in [7, 11) is 1.45. The van der Waals surface area contributed by atoms with Crippen molar-refractivity contribution in [2.45, 2.75) is 33.2 Å². The average molecular weight is 240 g/mol. The molecule has 1 atom stereocenters. The number of oxazole rings is 1. The van der Waals surface area contributed by atoms with Crippen LogP contribution in [0, 0.1) is 13.8 Å². The standard InChI is InChI=1S/C11H16N2O4/c1-5-8(11(15)16)13(4)10(14)9-6(2)12-7(3)17-9/h8H,5H2,1-4H3,(H,15,16). The first-order chi connectivity index (χ1) is 7.88. The van der Waals surface area contributed by atoms with Gasteiger partial charge in [0.25, 0.3) is 5.91 Å². The average Bonchev–Trinajstić information content (AvgIpc) is 2.57. The fourth-order valence-corrected chi connectivity index (χ4v) is 1.65. The van der Waals surface area contributed by atoms with Gasteiger partial charge in [0.05, 0.1) is 5.69 Å². The molecule has 0 saturated carbocycles. The molecule has 0 aromatic carbocycles. The van der Waals surface area contributed by atoms with Crippen LogP contribution in [0.4, 0.5) is 0 Å². The number of amides is 1. The molecule has 0 radical (unpaired) electrons. The second-order valence-electron chi connectivity index (χ2n) is 3.83. The largest absolute Gasteiger partial charge is 0.480 e. The van der Waals surface area contributed by atoms with E-state index in [1.54, 1.807) is 20.8 Å². The van der Waals surface area contributed by atoms with E-state index in [2.05, 4.69) is 4.98 Å². The molecule has 0 fully saturated rings. The molecule has 17 heavy (non-hydrogen) atoms. The minimum atomic E-state index is -1.03. The van der Waals surface area contributed by atoms with Gasteiger partial charge in [-0.15, -0.1) is 0 Å². The Morgan fingerprint density at radius 3 is 2.41 bits per heavy atom. The Morgan fingerprint density at radius 2 is 2.06 bits per heavy atom. The summed E-state index contributed by atoms with van der Waals surface area (Å²) >= 11 is 0. The van der Waals surface area contributed by atoms with Crippen LogP contribution in [0.2, 0.25) is 0 Å². The minimum Gasteiger partial charge on any atom is -0.480 e. The SMILES string of the molecule is CCC(C(=O)O)N(C)C(=O)c1oc(C)nc1C. The van der Waals surface area contributed by atoms with Crippen molar-refractivity contribution in [3.8, 4) is 0 Å². The number of carboxylic acid groups (broad SMARTS) is 1. The maximum atomic E-state index is 12.0. The molecule has 0 aliphatic heterocycles. The predicted octanol–water partition coefficient (Wildman–Crippen LogP) is 1.23. The summed E-state index contributed by atoms with van der Waals surface area (Å²) in [6.45, 7) is 5.00. The number of aliphatic carboxylic acids is 1. The molecular formula is C11H16N2O4. The van der Waals surface area contributed by atoms with E-state index in [1.165, 1.54) is 7.05 Å². The van der Waals surface area contributed by atoms with E-state index in [4.69, 9.17) is 9.52 Å². The van der Waals surface area contributed by atoms with Gasteiger partial charge in [-0.1, -0.05) is 6.92 Å². The number of carboxylic acids is 1. The highest BCUT2D eigenvalue weighted by Gasteiger charge is 2.28. The highest BCUT2D eigenvalue weighted by atomic mass is 16.4. The highest BCUT2D eigenvalue weighted by Crippen LogP contribution is 2.14. The number of hydrogen-bond donors (Lipinski definition) is 1. The van der Waals surface area contributed by atoms with Crippen molar-refractivity contribution < 1.29 is 19.1 Å².